The number of likely N-dealkylation sites (N-methyl/N-ethyl adjacent to an activating group) is 1. The van der Waals surface area contributed by atoms with Crippen LogP contribution < -0.4 is 4.90 Å². The van der Waals surface area contributed by atoms with Crippen LogP contribution in [0, 0.1) is 0 Å². The Hall–Kier alpha value is -1.21. The first-order chi connectivity index (χ1) is 11.6. The number of ether oxygens (including phenoxy) is 1. The number of morpholine rings is 1. The predicted octanol–water partition coefficient (Wildman–Crippen LogP) is 3.29. The first kappa shape index (κ1) is 16.3. The normalized spacial score (nSPS) is 22.9. The van der Waals surface area contributed by atoms with E-state index in [1.807, 2.05) is 0 Å². The highest BCUT2D eigenvalue weighted by atomic mass is 35.5. The van der Waals surface area contributed by atoms with Gasteiger partial charge in [-0.1, -0.05) is 6.08 Å². The molecule has 2 aliphatic rings. The van der Waals surface area contributed by atoms with Gasteiger partial charge in [0.2, 0.25) is 5.28 Å². The van der Waals surface area contributed by atoms with Crippen molar-refractivity contribution in [3.8, 4) is 0 Å². The fraction of sp³-hybridized carbons (Fsp3) is 0.529. The summed E-state index contributed by atoms with van der Waals surface area (Å²) in [5.41, 5.74) is 3.58. The Morgan fingerprint density at radius 2 is 2.21 bits per heavy atom. The van der Waals surface area contributed by atoms with Gasteiger partial charge < -0.3 is 14.5 Å². The topological polar surface area (TPSA) is 41.5 Å². The van der Waals surface area contributed by atoms with Crippen molar-refractivity contribution in [1.29, 1.82) is 0 Å². The van der Waals surface area contributed by atoms with Crippen LogP contribution in [-0.2, 0) is 4.74 Å². The molecule has 1 atom stereocenters. The van der Waals surface area contributed by atoms with Crippen molar-refractivity contribution in [1.82, 2.24) is 14.9 Å². The van der Waals surface area contributed by atoms with Crippen molar-refractivity contribution in [3.05, 3.63) is 22.3 Å². The number of hydrogen-bond acceptors (Lipinski definition) is 6. The van der Waals surface area contributed by atoms with E-state index in [4.69, 9.17) is 16.3 Å². The first-order valence-corrected chi connectivity index (χ1v) is 9.56. The zero-order valence-corrected chi connectivity index (χ0v) is 15.5. The number of fused-ring (bicyclic) bond motifs is 1. The molecule has 0 amide bonds. The molecule has 0 aromatic carbocycles. The minimum atomic E-state index is 0.293. The summed E-state index contributed by atoms with van der Waals surface area (Å²) in [6.07, 6.45) is 3.35. The fourth-order valence-corrected chi connectivity index (χ4v) is 4.56. The lowest BCUT2D eigenvalue weighted by atomic mass is 10.0. The van der Waals surface area contributed by atoms with Crippen LogP contribution in [0.1, 0.15) is 18.9 Å². The van der Waals surface area contributed by atoms with Crippen LogP contribution in [0.15, 0.2) is 11.5 Å². The Morgan fingerprint density at radius 3 is 2.96 bits per heavy atom. The molecule has 1 saturated heterocycles. The standard InChI is InChI=1S/C17H21ClN4OS/c1-11-9-23-8-7-22(11)16-15-14(19-17(18)20-16)13(10-24-15)12-3-5-21(2)6-4-12/h3,10-11H,4-9H2,1-2H3/t11-/m1/s1. The molecule has 4 heterocycles. The number of hydrogen-bond donors (Lipinski definition) is 0. The highest BCUT2D eigenvalue weighted by Gasteiger charge is 2.25. The van der Waals surface area contributed by atoms with E-state index in [0.717, 1.165) is 55.3 Å². The van der Waals surface area contributed by atoms with Gasteiger partial charge in [-0.3, -0.25) is 0 Å². The summed E-state index contributed by atoms with van der Waals surface area (Å²) >= 11 is 8.00. The fourth-order valence-electron chi connectivity index (χ4n) is 3.36. The Bertz CT molecular complexity index is 790. The average Bonchev–Trinajstić information content (AvgIpc) is 2.99. The quantitative estimate of drug-likeness (QED) is 0.765. The molecule has 2 aromatic rings. The molecule has 0 aliphatic carbocycles. The van der Waals surface area contributed by atoms with Gasteiger partial charge in [0, 0.05) is 30.6 Å². The van der Waals surface area contributed by atoms with Crippen LogP contribution in [0.2, 0.25) is 5.28 Å². The summed E-state index contributed by atoms with van der Waals surface area (Å²) in [6.45, 7) is 6.51. The van der Waals surface area contributed by atoms with Gasteiger partial charge >= 0.3 is 0 Å². The summed E-state index contributed by atoms with van der Waals surface area (Å²) in [7, 11) is 2.15. The SMILES string of the molecule is C[C@@H]1COCCN1c1nc(Cl)nc2c(C3=CCN(C)CC3)csc12. The number of thiophene rings is 1. The molecule has 0 unspecified atom stereocenters. The Balaban J connectivity index is 1.80. The molecule has 128 valence electrons. The van der Waals surface area contributed by atoms with Crippen molar-refractivity contribution in [2.45, 2.75) is 19.4 Å². The molecule has 2 aromatic heterocycles. The Morgan fingerprint density at radius 1 is 1.33 bits per heavy atom. The molecule has 0 bridgehead atoms. The lowest BCUT2D eigenvalue weighted by molar-refractivity contribution is 0.0987. The van der Waals surface area contributed by atoms with Gasteiger partial charge in [0.25, 0.3) is 0 Å². The lowest BCUT2D eigenvalue weighted by Crippen LogP contribution is -2.44. The molecule has 2 aliphatic heterocycles. The second-order valence-electron chi connectivity index (χ2n) is 6.50. The maximum atomic E-state index is 6.28. The molecule has 0 spiro atoms. The number of halogens is 1. The maximum Gasteiger partial charge on any atom is 0.224 e. The van der Waals surface area contributed by atoms with E-state index in [9.17, 15) is 0 Å². The van der Waals surface area contributed by atoms with Crippen molar-refractivity contribution >= 4 is 44.5 Å². The van der Waals surface area contributed by atoms with Gasteiger partial charge in [-0.2, -0.15) is 4.98 Å². The Labute approximate surface area is 150 Å². The molecular weight excluding hydrogens is 344 g/mol. The van der Waals surface area contributed by atoms with Crippen LogP contribution in [0.25, 0.3) is 15.8 Å². The number of anilines is 1. The second-order valence-corrected chi connectivity index (χ2v) is 7.72. The molecule has 24 heavy (non-hydrogen) atoms. The summed E-state index contributed by atoms with van der Waals surface area (Å²) in [4.78, 5) is 13.7. The molecule has 7 heteroatoms. The maximum absolute atomic E-state index is 6.28. The smallest absolute Gasteiger partial charge is 0.224 e. The highest BCUT2D eigenvalue weighted by molar-refractivity contribution is 7.18. The summed E-state index contributed by atoms with van der Waals surface area (Å²) in [5, 5.41) is 2.53. The third-order valence-electron chi connectivity index (χ3n) is 4.77. The minimum Gasteiger partial charge on any atom is -0.377 e. The molecule has 5 nitrogen and oxygen atoms in total. The van der Waals surface area contributed by atoms with Crippen LogP contribution in [0.4, 0.5) is 5.82 Å². The molecule has 4 rings (SSSR count). The number of aromatic nitrogens is 2. The van der Waals surface area contributed by atoms with Crippen LogP contribution >= 0.6 is 22.9 Å². The monoisotopic (exact) mass is 364 g/mol. The van der Waals surface area contributed by atoms with Gasteiger partial charge in [0.1, 0.15) is 0 Å². The minimum absolute atomic E-state index is 0.293. The van der Waals surface area contributed by atoms with Crippen LogP contribution in [0.3, 0.4) is 0 Å². The largest absolute Gasteiger partial charge is 0.377 e. The van der Waals surface area contributed by atoms with Crippen LogP contribution in [0.5, 0.6) is 0 Å². The third kappa shape index (κ3) is 2.92. The molecule has 0 N–H and O–H groups in total. The zero-order valence-electron chi connectivity index (χ0n) is 14.0. The molecule has 0 saturated carbocycles. The van der Waals surface area contributed by atoms with E-state index in [0.29, 0.717) is 11.3 Å². The van der Waals surface area contributed by atoms with E-state index < -0.39 is 0 Å². The van der Waals surface area contributed by atoms with Crippen LogP contribution in [-0.4, -0.2) is 60.8 Å². The summed E-state index contributed by atoms with van der Waals surface area (Å²) < 4.78 is 6.69. The molecule has 1 fully saturated rings. The van der Waals surface area contributed by atoms with E-state index in [-0.39, 0.29) is 0 Å². The summed E-state index contributed by atoms with van der Waals surface area (Å²) in [6, 6.07) is 0.293. The zero-order chi connectivity index (χ0) is 16.7. The van der Waals surface area contributed by atoms with E-state index in [1.165, 1.54) is 11.1 Å². The summed E-state index contributed by atoms with van der Waals surface area (Å²) in [5.74, 6) is 0.950. The van der Waals surface area contributed by atoms with Gasteiger partial charge in [-0.25, -0.2) is 4.98 Å². The predicted molar refractivity (Wildman–Crippen MR) is 100 cm³/mol. The van der Waals surface area contributed by atoms with E-state index >= 15 is 0 Å². The van der Waals surface area contributed by atoms with Gasteiger partial charge in [-0.05, 0) is 37.6 Å². The third-order valence-corrected chi connectivity index (χ3v) is 5.90. The van der Waals surface area contributed by atoms with Crippen molar-refractivity contribution < 1.29 is 4.74 Å². The van der Waals surface area contributed by atoms with Crippen molar-refractivity contribution in [2.24, 2.45) is 0 Å². The van der Waals surface area contributed by atoms with Gasteiger partial charge in [0.15, 0.2) is 5.82 Å². The highest BCUT2D eigenvalue weighted by Crippen LogP contribution is 2.38. The van der Waals surface area contributed by atoms with E-state index in [2.05, 4.69) is 45.2 Å². The first-order valence-electron chi connectivity index (χ1n) is 8.30. The Kier molecular flexibility index (Phi) is 4.47. The lowest BCUT2D eigenvalue weighted by Gasteiger charge is -2.34. The molecule has 0 radical (unpaired) electrons. The number of nitrogens with zero attached hydrogens (tertiary/aromatic N) is 4. The van der Waals surface area contributed by atoms with E-state index in [1.54, 1.807) is 11.3 Å². The molecular formula is C17H21ClN4OS. The average molecular weight is 365 g/mol. The second kappa shape index (κ2) is 6.59. The van der Waals surface area contributed by atoms with Crippen molar-refractivity contribution in [2.75, 3.05) is 44.8 Å². The number of rotatable bonds is 2. The van der Waals surface area contributed by atoms with Crippen molar-refractivity contribution in [3.63, 3.8) is 0 Å². The van der Waals surface area contributed by atoms with Gasteiger partial charge in [0.05, 0.1) is 29.5 Å². The van der Waals surface area contributed by atoms with Gasteiger partial charge in [-0.15, -0.1) is 11.3 Å².